The van der Waals surface area contributed by atoms with Gasteiger partial charge in [0.15, 0.2) is 11.5 Å². The molecule has 1 unspecified atom stereocenters. The number of methoxy groups -OCH3 is 1. The van der Waals surface area contributed by atoms with Gasteiger partial charge in [0.25, 0.3) is 0 Å². The van der Waals surface area contributed by atoms with E-state index in [4.69, 9.17) is 15.2 Å². The van der Waals surface area contributed by atoms with Gasteiger partial charge in [-0.1, -0.05) is 6.07 Å². The molecule has 2 rings (SSSR count). The van der Waals surface area contributed by atoms with E-state index in [0.717, 1.165) is 38.3 Å². The lowest BCUT2D eigenvalue weighted by atomic mass is 9.90. The van der Waals surface area contributed by atoms with Gasteiger partial charge < -0.3 is 20.3 Å². The lowest BCUT2D eigenvalue weighted by Gasteiger charge is -2.43. The molecule has 5 heteroatoms. The van der Waals surface area contributed by atoms with Crippen molar-refractivity contribution in [3.8, 4) is 11.5 Å². The highest BCUT2D eigenvalue weighted by Gasteiger charge is 2.32. The molecule has 0 spiro atoms. The van der Waals surface area contributed by atoms with Crippen LogP contribution in [-0.4, -0.2) is 55.5 Å². The molecule has 0 aromatic heterocycles. The fourth-order valence-corrected chi connectivity index (χ4v) is 2.69. The highest BCUT2D eigenvalue weighted by Crippen LogP contribution is 2.29. The van der Waals surface area contributed by atoms with Gasteiger partial charge in [-0.3, -0.25) is 4.90 Å². The lowest BCUT2D eigenvalue weighted by Crippen LogP contribution is -2.56. The SMILES string of the molecule is COc1cc(CC(C)(CN)N2CCOCC2)ccc1O. The molecule has 112 valence electrons. The van der Waals surface area contributed by atoms with Crippen molar-refractivity contribution < 1.29 is 14.6 Å². The zero-order valence-corrected chi connectivity index (χ0v) is 12.3. The van der Waals surface area contributed by atoms with Gasteiger partial charge >= 0.3 is 0 Å². The van der Waals surface area contributed by atoms with Crippen LogP contribution in [-0.2, 0) is 11.2 Å². The second-order valence-corrected chi connectivity index (χ2v) is 5.48. The van der Waals surface area contributed by atoms with Crippen molar-refractivity contribution in [2.45, 2.75) is 18.9 Å². The van der Waals surface area contributed by atoms with E-state index in [1.807, 2.05) is 12.1 Å². The third kappa shape index (κ3) is 3.23. The van der Waals surface area contributed by atoms with E-state index < -0.39 is 0 Å². The first kappa shape index (κ1) is 15.1. The Bertz CT molecular complexity index is 447. The van der Waals surface area contributed by atoms with E-state index in [1.54, 1.807) is 13.2 Å². The number of ether oxygens (including phenoxy) is 2. The van der Waals surface area contributed by atoms with Gasteiger partial charge in [-0.15, -0.1) is 0 Å². The molecule has 1 aliphatic rings. The molecule has 0 saturated carbocycles. The molecule has 1 fully saturated rings. The van der Waals surface area contributed by atoms with Gasteiger partial charge in [0.1, 0.15) is 0 Å². The minimum absolute atomic E-state index is 0.105. The van der Waals surface area contributed by atoms with Crippen LogP contribution in [0.25, 0.3) is 0 Å². The molecule has 1 aromatic rings. The van der Waals surface area contributed by atoms with Gasteiger partial charge in [0.05, 0.1) is 20.3 Å². The molecule has 1 aromatic carbocycles. The minimum Gasteiger partial charge on any atom is -0.504 e. The van der Waals surface area contributed by atoms with E-state index >= 15 is 0 Å². The summed E-state index contributed by atoms with van der Waals surface area (Å²) in [5, 5.41) is 9.66. The zero-order chi connectivity index (χ0) is 14.6. The summed E-state index contributed by atoms with van der Waals surface area (Å²) in [5.74, 6) is 0.668. The molecule has 1 saturated heterocycles. The third-order valence-corrected chi connectivity index (χ3v) is 4.04. The van der Waals surface area contributed by atoms with Crippen molar-refractivity contribution in [1.29, 1.82) is 0 Å². The Hall–Kier alpha value is -1.30. The normalized spacial score (nSPS) is 19.6. The van der Waals surface area contributed by atoms with Crippen LogP contribution in [0.3, 0.4) is 0 Å². The number of aromatic hydroxyl groups is 1. The lowest BCUT2D eigenvalue weighted by molar-refractivity contribution is -0.0132. The van der Waals surface area contributed by atoms with Crippen molar-refractivity contribution in [3.05, 3.63) is 23.8 Å². The monoisotopic (exact) mass is 280 g/mol. The second kappa shape index (κ2) is 6.43. The van der Waals surface area contributed by atoms with Crippen molar-refractivity contribution in [3.63, 3.8) is 0 Å². The molecule has 0 radical (unpaired) electrons. The Kier molecular flexibility index (Phi) is 4.86. The number of morpholine rings is 1. The molecular weight excluding hydrogens is 256 g/mol. The number of nitrogens with zero attached hydrogens (tertiary/aromatic N) is 1. The van der Waals surface area contributed by atoms with Gasteiger partial charge in [0.2, 0.25) is 0 Å². The van der Waals surface area contributed by atoms with E-state index in [0.29, 0.717) is 12.3 Å². The standard InChI is InChI=1S/C15H24N2O3/c1-15(11-16,17-5-7-20-8-6-17)10-12-3-4-13(18)14(9-12)19-2/h3-4,9,18H,5-8,10-11,16H2,1-2H3. The average molecular weight is 280 g/mol. The van der Waals surface area contributed by atoms with E-state index in [2.05, 4.69) is 11.8 Å². The summed E-state index contributed by atoms with van der Waals surface area (Å²) >= 11 is 0. The highest BCUT2D eigenvalue weighted by molar-refractivity contribution is 5.42. The summed E-state index contributed by atoms with van der Waals surface area (Å²) in [4.78, 5) is 2.38. The first-order chi connectivity index (χ1) is 9.59. The largest absolute Gasteiger partial charge is 0.504 e. The maximum atomic E-state index is 9.66. The number of hydrogen-bond donors (Lipinski definition) is 2. The Labute approximate surface area is 120 Å². The quantitative estimate of drug-likeness (QED) is 0.842. The van der Waals surface area contributed by atoms with Crippen LogP contribution >= 0.6 is 0 Å². The Morgan fingerprint density at radius 3 is 2.70 bits per heavy atom. The first-order valence-corrected chi connectivity index (χ1v) is 6.98. The number of hydrogen-bond acceptors (Lipinski definition) is 5. The molecule has 5 nitrogen and oxygen atoms in total. The predicted octanol–water partition coefficient (Wildman–Crippen LogP) is 0.993. The van der Waals surface area contributed by atoms with Crippen LogP contribution in [0.1, 0.15) is 12.5 Å². The Morgan fingerprint density at radius 2 is 2.10 bits per heavy atom. The van der Waals surface area contributed by atoms with Crippen molar-refractivity contribution in [1.82, 2.24) is 4.90 Å². The maximum Gasteiger partial charge on any atom is 0.160 e. The van der Waals surface area contributed by atoms with Crippen LogP contribution in [0.15, 0.2) is 18.2 Å². The van der Waals surface area contributed by atoms with Crippen LogP contribution < -0.4 is 10.5 Å². The summed E-state index contributed by atoms with van der Waals surface area (Å²) in [6, 6.07) is 5.47. The topological polar surface area (TPSA) is 68.0 Å². The smallest absolute Gasteiger partial charge is 0.160 e. The van der Waals surface area contributed by atoms with E-state index in [9.17, 15) is 5.11 Å². The van der Waals surface area contributed by atoms with E-state index in [1.165, 1.54) is 0 Å². The molecule has 1 aliphatic heterocycles. The third-order valence-electron chi connectivity index (χ3n) is 4.04. The van der Waals surface area contributed by atoms with Gasteiger partial charge in [-0.2, -0.15) is 0 Å². The number of nitrogens with two attached hydrogens (primary N) is 1. The fourth-order valence-electron chi connectivity index (χ4n) is 2.69. The minimum atomic E-state index is -0.105. The summed E-state index contributed by atoms with van der Waals surface area (Å²) in [7, 11) is 1.56. The number of phenols is 1. The van der Waals surface area contributed by atoms with Crippen molar-refractivity contribution >= 4 is 0 Å². The van der Waals surface area contributed by atoms with Crippen molar-refractivity contribution in [2.75, 3.05) is 40.0 Å². The summed E-state index contributed by atoms with van der Waals surface area (Å²) in [6.07, 6.45) is 0.820. The number of benzene rings is 1. The van der Waals surface area contributed by atoms with Gasteiger partial charge in [-0.05, 0) is 31.0 Å². The fraction of sp³-hybridized carbons (Fsp3) is 0.600. The molecule has 1 heterocycles. The van der Waals surface area contributed by atoms with Crippen LogP contribution in [0, 0.1) is 0 Å². The highest BCUT2D eigenvalue weighted by atomic mass is 16.5. The molecule has 0 amide bonds. The molecular formula is C15H24N2O3. The van der Waals surface area contributed by atoms with Crippen molar-refractivity contribution in [2.24, 2.45) is 5.73 Å². The van der Waals surface area contributed by atoms with Crippen LogP contribution in [0.4, 0.5) is 0 Å². The van der Waals surface area contributed by atoms with E-state index in [-0.39, 0.29) is 11.3 Å². The predicted molar refractivity (Wildman–Crippen MR) is 78.2 cm³/mol. The van der Waals surface area contributed by atoms with Gasteiger partial charge in [0, 0.05) is 25.2 Å². The summed E-state index contributed by atoms with van der Waals surface area (Å²) in [5.41, 5.74) is 7.03. The summed E-state index contributed by atoms with van der Waals surface area (Å²) < 4.78 is 10.6. The average Bonchev–Trinajstić information content (AvgIpc) is 2.50. The Morgan fingerprint density at radius 1 is 1.40 bits per heavy atom. The molecule has 1 atom stereocenters. The number of rotatable bonds is 5. The zero-order valence-electron chi connectivity index (χ0n) is 12.3. The maximum absolute atomic E-state index is 9.66. The van der Waals surface area contributed by atoms with Gasteiger partial charge in [-0.25, -0.2) is 0 Å². The molecule has 0 bridgehead atoms. The number of phenolic OH excluding ortho intramolecular Hbond substituents is 1. The van der Waals surface area contributed by atoms with Crippen LogP contribution in [0.5, 0.6) is 11.5 Å². The van der Waals surface area contributed by atoms with Crippen LogP contribution in [0.2, 0.25) is 0 Å². The summed E-state index contributed by atoms with van der Waals surface area (Å²) in [6.45, 7) is 6.09. The molecule has 20 heavy (non-hydrogen) atoms. The first-order valence-electron chi connectivity index (χ1n) is 6.98. The Balaban J connectivity index is 2.16. The molecule has 3 N–H and O–H groups in total. The second-order valence-electron chi connectivity index (χ2n) is 5.48. The molecule has 0 aliphatic carbocycles.